The van der Waals surface area contributed by atoms with E-state index in [0.717, 1.165) is 90.1 Å². The van der Waals surface area contributed by atoms with E-state index in [1.165, 1.54) is 77.0 Å². The van der Waals surface area contributed by atoms with E-state index in [1.807, 2.05) is 13.8 Å². The number of hydrogen-bond donors (Lipinski definition) is 2. The molecular formula is C52H92N4O10. The van der Waals surface area contributed by atoms with E-state index in [0.29, 0.717) is 86.5 Å². The average molecular weight is 933 g/mol. The Kier molecular flexibility index (Phi) is 20.0. The van der Waals surface area contributed by atoms with E-state index in [4.69, 9.17) is 37.9 Å². The predicted molar refractivity (Wildman–Crippen MR) is 255 cm³/mol. The highest BCUT2D eigenvalue weighted by Crippen LogP contribution is 2.50. The normalized spacial score (nSPS) is 33.4. The molecule has 2 N–H and O–H groups in total. The summed E-state index contributed by atoms with van der Waals surface area (Å²) in [6, 6.07) is 0. The lowest BCUT2D eigenvalue weighted by molar-refractivity contribution is -0.0667. The van der Waals surface area contributed by atoms with Crippen molar-refractivity contribution in [1.29, 1.82) is 0 Å². The molecule has 0 aromatic heterocycles. The minimum absolute atomic E-state index is 0.192. The van der Waals surface area contributed by atoms with Gasteiger partial charge in [0.2, 0.25) is 0 Å². The first-order valence-electron chi connectivity index (χ1n) is 26.9. The predicted octanol–water partition coefficient (Wildman–Crippen LogP) is 7.99. The molecule has 7 fully saturated rings. The summed E-state index contributed by atoms with van der Waals surface area (Å²) in [7, 11) is 0. The summed E-state index contributed by atoms with van der Waals surface area (Å²) in [5, 5.41) is 5.64. The number of alkyl carbamates (subject to hydrolysis) is 2. The van der Waals surface area contributed by atoms with Gasteiger partial charge in [0.25, 0.3) is 0 Å². The number of amides is 2. The van der Waals surface area contributed by atoms with Gasteiger partial charge in [-0.3, -0.25) is 9.80 Å². The second kappa shape index (κ2) is 25.4. The number of ether oxygens (including phenoxy) is 8. The summed E-state index contributed by atoms with van der Waals surface area (Å²) in [5.41, 5.74) is 0.614. The van der Waals surface area contributed by atoms with E-state index in [2.05, 4.69) is 48.1 Å². The van der Waals surface area contributed by atoms with Crippen molar-refractivity contribution in [2.75, 3.05) is 92.0 Å². The minimum Gasteiger partial charge on any atom is -0.442 e. The largest absolute Gasteiger partial charge is 0.442 e. The molecule has 0 aromatic rings. The molecule has 0 radical (unpaired) electrons. The molecule has 7 rings (SSSR count). The Morgan fingerprint density at radius 3 is 1.06 bits per heavy atom. The van der Waals surface area contributed by atoms with Crippen molar-refractivity contribution in [2.45, 2.75) is 193 Å². The van der Waals surface area contributed by atoms with Gasteiger partial charge in [0, 0.05) is 52.4 Å². The summed E-state index contributed by atoms with van der Waals surface area (Å²) >= 11 is 0. The SMILES string of the molecule is CCNC(=O)OC(COC1CCC(C(C)(C)C2CCC(OCC3CO3)CC2)CC1)CN1CCN(CC(COC2CCC(C(C)(C)C3CCC(OCC4CO4)CC3)CC2)OC(=O)NCC)CC1. The van der Waals surface area contributed by atoms with Crippen LogP contribution < -0.4 is 10.6 Å². The van der Waals surface area contributed by atoms with Gasteiger partial charge in [0.05, 0.1) is 64.1 Å². The van der Waals surface area contributed by atoms with Crippen molar-refractivity contribution in [2.24, 2.45) is 34.5 Å². The zero-order valence-electron chi connectivity index (χ0n) is 42.1. The van der Waals surface area contributed by atoms with Crippen LogP contribution in [0.4, 0.5) is 9.59 Å². The van der Waals surface area contributed by atoms with E-state index >= 15 is 0 Å². The van der Waals surface area contributed by atoms with Crippen LogP contribution in [0.2, 0.25) is 0 Å². The molecule has 3 heterocycles. The molecular weight excluding hydrogens is 841 g/mol. The van der Waals surface area contributed by atoms with Gasteiger partial charge in [-0.2, -0.15) is 0 Å². The van der Waals surface area contributed by atoms with Gasteiger partial charge in [-0.05, 0) is 151 Å². The maximum atomic E-state index is 12.7. The number of nitrogens with one attached hydrogen (secondary N) is 2. The summed E-state index contributed by atoms with van der Waals surface area (Å²) in [4.78, 5) is 30.2. The van der Waals surface area contributed by atoms with Crippen LogP contribution in [0.5, 0.6) is 0 Å². The first kappa shape index (κ1) is 52.1. The molecule has 2 amide bonds. The molecule has 66 heavy (non-hydrogen) atoms. The topological polar surface area (TPSA) is 145 Å². The van der Waals surface area contributed by atoms with Crippen LogP contribution in [0.1, 0.15) is 144 Å². The first-order valence-corrected chi connectivity index (χ1v) is 26.9. The van der Waals surface area contributed by atoms with Gasteiger partial charge in [0.1, 0.15) is 24.4 Å². The summed E-state index contributed by atoms with van der Waals surface area (Å²) in [5.74, 6) is 2.87. The molecule has 3 saturated heterocycles. The van der Waals surface area contributed by atoms with Crippen LogP contribution in [0.25, 0.3) is 0 Å². The van der Waals surface area contributed by atoms with E-state index in [9.17, 15) is 9.59 Å². The smallest absolute Gasteiger partial charge is 0.407 e. The molecule has 3 aliphatic heterocycles. The van der Waals surface area contributed by atoms with E-state index < -0.39 is 0 Å². The highest BCUT2D eigenvalue weighted by Gasteiger charge is 2.43. The Morgan fingerprint density at radius 1 is 0.500 bits per heavy atom. The van der Waals surface area contributed by atoms with Crippen molar-refractivity contribution < 1.29 is 47.5 Å². The molecule has 14 heteroatoms. The lowest BCUT2D eigenvalue weighted by Gasteiger charge is -2.46. The lowest BCUT2D eigenvalue weighted by Crippen LogP contribution is -2.52. The standard InChI is InChI=1S/C52H92N4O10/c1-7-53-49(57)65-45(31-59-41-17-9-37(10-18-41)51(3,4)39-13-21-43(22-14-39)61-33-47-35-63-47)29-55-25-27-56(28-26-55)30-46(66-50(58)54-8-2)32-60-42-19-11-38(12-20-42)52(5,6)40-15-23-44(24-16-40)62-34-48-36-64-48/h37-48H,7-36H2,1-6H3,(H,53,57)(H,54,58). The quantitative estimate of drug-likeness (QED) is 0.0906. The molecule has 4 saturated carbocycles. The van der Waals surface area contributed by atoms with Crippen molar-refractivity contribution in [3.8, 4) is 0 Å². The van der Waals surface area contributed by atoms with Crippen LogP contribution in [-0.2, 0) is 37.9 Å². The fourth-order valence-electron chi connectivity index (χ4n) is 12.5. The van der Waals surface area contributed by atoms with Crippen molar-refractivity contribution in [3.05, 3.63) is 0 Å². The molecule has 0 bridgehead atoms. The van der Waals surface area contributed by atoms with Crippen LogP contribution >= 0.6 is 0 Å². The zero-order valence-corrected chi connectivity index (χ0v) is 42.1. The fourth-order valence-corrected chi connectivity index (χ4v) is 12.5. The molecule has 4 unspecified atom stereocenters. The fraction of sp³-hybridized carbons (Fsp3) is 0.962. The summed E-state index contributed by atoms with van der Waals surface area (Å²) in [6.45, 7) is 23.5. The van der Waals surface area contributed by atoms with Gasteiger partial charge in [-0.1, -0.05) is 27.7 Å². The maximum absolute atomic E-state index is 12.7. The summed E-state index contributed by atoms with van der Waals surface area (Å²) in [6.07, 6.45) is 19.0. The lowest BCUT2D eigenvalue weighted by atomic mass is 9.60. The van der Waals surface area contributed by atoms with Gasteiger partial charge in [-0.25, -0.2) is 9.59 Å². The summed E-state index contributed by atoms with van der Waals surface area (Å²) < 4.78 is 48.1. The van der Waals surface area contributed by atoms with Crippen LogP contribution in [0, 0.1) is 34.5 Å². The highest BCUT2D eigenvalue weighted by molar-refractivity contribution is 5.67. The maximum Gasteiger partial charge on any atom is 0.407 e. The monoisotopic (exact) mass is 933 g/mol. The van der Waals surface area contributed by atoms with Crippen LogP contribution in [0.15, 0.2) is 0 Å². The third-order valence-corrected chi connectivity index (χ3v) is 17.4. The Hall–Kier alpha value is -1.78. The highest BCUT2D eigenvalue weighted by atomic mass is 16.6. The zero-order chi connectivity index (χ0) is 46.5. The van der Waals surface area contributed by atoms with Crippen molar-refractivity contribution >= 4 is 12.2 Å². The van der Waals surface area contributed by atoms with E-state index in [1.54, 1.807) is 0 Å². The third kappa shape index (κ3) is 16.1. The number of piperazine rings is 1. The third-order valence-electron chi connectivity index (χ3n) is 17.4. The Balaban J connectivity index is 0.809. The Labute approximate surface area is 398 Å². The molecule has 0 aromatic carbocycles. The van der Waals surface area contributed by atoms with Crippen molar-refractivity contribution in [1.82, 2.24) is 20.4 Å². The molecule has 4 atom stereocenters. The number of rotatable bonds is 24. The number of carbonyl (C=O) groups is 2. The van der Waals surface area contributed by atoms with Crippen LogP contribution in [0.3, 0.4) is 0 Å². The second-order valence-corrected chi connectivity index (χ2v) is 22.5. The van der Waals surface area contributed by atoms with Crippen LogP contribution in [-0.4, -0.2) is 163 Å². The number of epoxide rings is 2. The molecule has 0 spiro atoms. The van der Waals surface area contributed by atoms with Gasteiger partial charge in [0.15, 0.2) is 0 Å². The number of carbonyl (C=O) groups excluding carboxylic acids is 2. The molecule has 7 aliphatic rings. The second-order valence-electron chi connectivity index (χ2n) is 22.5. The van der Waals surface area contributed by atoms with Gasteiger partial charge >= 0.3 is 12.2 Å². The molecule has 4 aliphatic carbocycles. The minimum atomic E-state index is -0.387. The Bertz CT molecular complexity index is 1320. The molecule has 380 valence electrons. The number of hydrogen-bond acceptors (Lipinski definition) is 12. The van der Waals surface area contributed by atoms with Crippen molar-refractivity contribution in [3.63, 3.8) is 0 Å². The first-order chi connectivity index (χ1) is 31.9. The number of nitrogens with zero attached hydrogens (tertiary/aromatic N) is 2. The average Bonchev–Trinajstić information content (AvgIpc) is 4.27. The Morgan fingerprint density at radius 2 is 0.788 bits per heavy atom. The van der Waals surface area contributed by atoms with Gasteiger partial charge in [-0.15, -0.1) is 0 Å². The van der Waals surface area contributed by atoms with E-state index in [-0.39, 0.29) is 36.6 Å². The van der Waals surface area contributed by atoms with Gasteiger partial charge < -0.3 is 48.5 Å². The molecule has 14 nitrogen and oxygen atoms in total.